The van der Waals surface area contributed by atoms with Crippen LogP contribution in [0.2, 0.25) is 0 Å². The van der Waals surface area contributed by atoms with Crippen LogP contribution in [0.25, 0.3) is 0 Å². The molecule has 1 saturated heterocycles. The molecule has 0 spiro atoms. The summed E-state index contributed by atoms with van der Waals surface area (Å²) in [4.78, 5) is 41.6. The lowest BCUT2D eigenvalue weighted by Gasteiger charge is -2.40. The number of nitrogens with zero attached hydrogens (tertiary/aromatic N) is 2. The van der Waals surface area contributed by atoms with E-state index in [4.69, 9.17) is 0 Å². The predicted molar refractivity (Wildman–Crippen MR) is 120 cm³/mol. The highest BCUT2D eigenvalue weighted by Crippen LogP contribution is 2.36. The minimum absolute atomic E-state index is 0.206. The summed E-state index contributed by atoms with van der Waals surface area (Å²) in [6.45, 7) is 5.19. The lowest BCUT2D eigenvalue weighted by atomic mass is 10.1. The molecule has 4 amide bonds. The molecular formula is C23H22FN3O3S. The van der Waals surface area contributed by atoms with Crippen molar-refractivity contribution in [2.24, 2.45) is 0 Å². The Kier molecular flexibility index (Phi) is 5.58. The van der Waals surface area contributed by atoms with Gasteiger partial charge in [-0.05, 0) is 67.1 Å². The van der Waals surface area contributed by atoms with E-state index < -0.39 is 23.1 Å². The second-order valence-electron chi connectivity index (χ2n) is 7.76. The molecule has 0 radical (unpaired) electrons. The van der Waals surface area contributed by atoms with E-state index in [1.165, 1.54) is 34.9 Å². The Morgan fingerprint density at radius 3 is 2.61 bits per heavy atom. The van der Waals surface area contributed by atoms with Crippen molar-refractivity contribution < 1.29 is 18.8 Å². The maximum absolute atomic E-state index is 13.7. The molecular weight excluding hydrogens is 417 g/mol. The average molecular weight is 440 g/mol. The van der Waals surface area contributed by atoms with Crippen LogP contribution in [0.4, 0.5) is 20.6 Å². The van der Waals surface area contributed by atoms with Crippen molar-refractivity contribution in [3.8, 4) is 0 Å². The van der Waals surface area contributed by atoms with Crippen LogP contribution in [-0.2, 0) is 9.59 Å². The van der Waals surface area contributed by atoms with Crippen molar-refractivity contribution in [3.63, 3.8) is 0 Å². The summed E-state index contributed by atoms with van der Waals surface area (Å²) < 4.78 is 13.7. The fraction of sp³-hybridized carbons (Fsp3) is 0.261. The van der Waals surface area contributed by atoms with Crippen LogP contribution < -0.4 is 10.2 Å². The fourth-order valence-electron chi connectivity index (χ4n) is 3.73. The van der Waals surface area contributed by atoms with E-state index in [-0.39, 0.29) is 18.4 Å². The van der Waals surface area contributed by atoms with Gasteiger partial charge in [0, 0.05) is 5.69 Å². The van der Waals surface area contributed by atoms with Gasteiger partial charge in [0.25, 0.3) is 5.91 Å². The highest BCUT2D eigenvalue weighted by Gasteiger charge is 2.48. The topological polar surface area (TPSA) is 69.7 Å². The molecule has 31 heavy (non-hydrogen) atoms. The van der Waals surface area contributed by atoms with Gasteiger partial charge in [-0.1, -0.05) is 18.2 Å². The Bertz CT molecular complexity index is 1120. The molecule has 8 heteroatoms. The zero-order chi connectivity index (χ0) is 22.3. The number of anilines is 2. The number of nitrogens with one attached hydrogen (secondary N) is 1. The van der Waals surface area contributed by atoms with Gasteiger partial charge in [0.05, 0.1) is 11.7 Å². The Hall–Kier alpha value is -3.13. The zero-order valence-electron chi connectivity index (χ0n) is 17.4. The number of imide groups is 1. The molecule has 2 unspecified atom stereocenters. The minimum Gasteiger partial charge on any atom is -0.324 e. The van der Waals surface area contributed by atoms with Gasteiger partial charge in [-0.3, -0.25) is 9.59 Å². The Morgan fingerprint density at radius 1 is 1.10 bits per heavy atom. The minimum atomic E-state index is -0.597. The van der Waals surface area contributed by atoms with E-state index in [1.807, 2.05) is 32.0 Å². The largest absolute Gasteiger partial charge is 0.332 e. The van der Waals surface area contributed by atoms with Gasteiger partial charge in [-0.2, -0.15) is 0 Å². The zero-order valence-corrected chi connectivity index (χ0v) is 18.2. The summed E-state index contributed by atoms with van der Waals surface area (Å²) >= 11 is 1.31. The van der Waals surface area contributed by atoms with Crippen molar-refractivity contribution in [3.05, 3.63) is 70.4 Å². The molecule has 2 atom stereocenters. The number of rotatable bonds is 4. The first-order valence-electron chi connectivity index (χ1n) is 9.86. The number of halogens is 1. The Labute approximate surface area is 184 Å². The van der Waals surface area contributed by atoms with Crippen molar-refractivity contribution in [1.29, 1.82) is 0 Å². The lowest BCUT2D eigenvalue weighted by Crippen LogP contribution is -2.63. The molecule has 2 aromatic carbocycles. The van der Waals surface area contributed by atoms with Gasteiger partial charge in [0.15, 0.2) is 0 Å². The van der Waals surface area contributed by atoms with Crippen molar-refractivity contribution in [2.45, 2.75) is 32.1 Å². The molecule has 0 bridgehead atoms. The summed E-state index contributed by atoms with van der Waals surface area (Å²) in [5.41, 5.74) is 3.23. The van der Waals surface area contributed by atoms with Crippen LogP contribution >= 0.6 is 11.8 Å². The van der Waals surface area contributed by atoms with Gasteiger partial charge in [-0.15, -0.1) is 11.8 Å². The number of urea groups is 1. The molecule has 1 N–H and O–H groups in total. The number of fused-ring (bicyclic) bond motifs is 1. The van der Waals surface area contributed by atoms with E-state index in [9.17, 15) is 18.8 Å². The number of carbonyl (C=O) groups excluding carboxylic acids is 3. The van der Waals surface area contributed by atoms with Gasteiger partial charge in [0.1, 0.15) is 17.6 Å². The predicted octanol–water partition coefficient (Wildman–Crippen LogP) is 4.16. The van der Waals surface area contributed by atoms with Gasteiger partial charge < -0.3 is 10.2 Å². The molecule has 0 saturated carbocycles. The third-order valence-electron chi connectivity index (χ3n) is 5.45. The first kappa shape index (κ1) is 21.1. The van der Waals surface area contributed by atoms with Gasteiger partial charge >= 0.3 is 6.03 Å². The molecule has 1 fully saturated rings. The summed E-state index contributed by atoms with van der Waals surface area (Å²) in [5.74, 6) is -1.14. The van der Waals surface area contributed by atoms with Gasteiger partial charge in [0.2, 0.25) is 5.91 Å². The maximum Gasteiger partial charge on any atom is 0.332 e. The summed E-state index contributed by atoms with van der Waals surface area (Å²) in [7, 11) is 0. The molecule has 0 aromatic heterocycles. The van der Waals surface area contributed by atoms with E-state index in [0.29, 0.717) is 16.9 Å². The number of hydrogen-bond donors (Lipinski definition) is 1. The van der Waals surface area contributed by atoms with Crippen molar-refractivity contribution in [1.82, 2.24) is 4.90 Å². The third-order valence-corrected chi connectivity index (χ3v) is 6.54. The highest BCUT2D eigenvalue weighted by molar-refractivity contribution is 8.03. The van der Waals surface area contributed by atoms with Crippen LogP contribution in [0.5, 0.6) is 0 Å². The molecule has 2 aliphatic heterocycles. The molecule has 2 aromatic rings. The highest BCUT2D eigenvalue weighted by atomic mass is 32.2. The molecule has 6 nitrogen and oxygen atoms in total. The van der Waals surface area contributed by atoms with Crippen LogP contribution in [-0.4, -0.2) is 40.6 Å². The van der Waals surface area contributed by atoms with Crippen LogP contribution in [0.3, 0.4) is 0 Å². The number of amides is 4. The SMILES string of the molecule is Cc1ccc(C)c(NC(=O)CN2C(=O)N(c3ccc(F)c(C)c3)C(=O)C3SC=CC32)c1. The molecule has 4 rings (SSSR count). The number of thioether (sulfide) groups is 1. The van der Waals surface area contributed by atoms with Gasteiger partial charge in [-0.25, -0.2) is 14.1 Å². The second-order valence-corrected chi connectivity index (χ2v) is 8.81. The average Bonchev–Trinajstić information content (AvgIpc) is 3.21. The van der Waals surface area contributed by atoms with Crippen LogP contribution in [0.1, 0.15) is 16.7 Å². The summed E-state index contributed by atoms with van der Waals surface area (Å²) in [5, 5.41) is 4.09. The first-order valence-corrected chi connectivity index (χ1v) is 10.8. The normalized spacial score (nSPS) is 20.3. The molecule has 2 heterocycles. The Morgan fingerprint density at radius 2 is 1.87 bits per heavy atom. The molecule has 0 aliphatic carbocycles. The van der Waals surface area contributed by atoms with E-state index >= 15 is 0 Å². The van der Waals surface area contributed by atoms with E-state index in [0.717, 1.165) is 16.0 Å². The fourth-order valence-corrected chi connectivity index (χ4v) is 4.78. The van der Waals surface area contributed by atoms with Crippen molar-refractivity contribution >= 4 is 41.0 Å². The molecule has 160 valence electrons. The lowest BCUT2D eigenvalue weighted by molar-refractivity contribution is -0.121. The summed E-state index contributed by atoms with van der Waals surface area (Å²) in [6, 6.07) is 8.74. The number of aryl methyl sites for hydroxylation is 3. The van der Waals surface area contributed by atoms with E-state index in [1.54, 1.807) is 18.4 Å². The smallest absolute Gasteiger partial charge is 0.324 e. The van der Waals surface area contributed by atoms with Crippen LogP contribution in [0, 0.1) is 26.6 Å². The quantitative estimate of drug-likeness (QED) is 0.777. The number of hydrogen-bond acceptors (Lipinski definition) is 4. The van der Waals surface area contributed by atoms with Crippen molar-refractivity contribution in [2.75, 3.05) is 16.8 Å². The number of carbonyl (C=O) groups is 3. The molecule has 2 aliphatic rings. The first-order chi connectivity index (χ1) is 14.8. The third kappa shape index (κ3) is 3.95. The van der Waals surface area contributed by atoms with E-state index in [2.05, 4.69) is 5.32 Å². The second kappa shape index (κ2) is 8.19. The monoisotopic (exact) mass is 439 g/mol. The number of benzene rings is 2. The Balaban J connectivity index is 1.61. The maximum atomic E-state index is 13.7. The summed E-state index contributed by atoms with van der Waals surface area (Å²) in [6.07, 6.45) is 1.77. The standard InChI is InChI=1S/C23H22FN3O3S/c1-13-4-5-14(2)18(10-13)25-20(28)12-26-19-8-9-31-21(19)22(29)27(23(26)30)16-6-7-17(24)15(3)11-16/h4-11,19,21H,12H2,1-3H3,(H,25,28). The van der Waals surface area contributed by atoms with Crippen LogP contribution in [0.15, 0.2) is 47.9 Å².